The van der Waals surface area contributed by atoms with E-state index in [9.17, 15) is 4.79 Å². The van der Waals surface area contributed by atoms with Gasteiger partial charge >= 0.3 is 0 Å². The van der Waals surface area contributed by atoms with Crippen LogP contribution in [0.4, 0.5) is 5.69 Å². The summed E-state index contributed by atoms with van der Waals surface area (Å²) >= 11 is 0. The van der Waals surface area contributed by atoms with Crippen molar-refractivity contribution in [3.05, 3.63) is 70.3 Å². The second-order valence-corrected chi connectivity index (χ2v) is 10.3. The lowest BCUT2D eigenvalue weighted by Crippen LogP contribution is -2.49. The highest BCUT2D eigenvalue weighted by Gasteiger charge is 2.35. The van der Waals surface area contributed by atoms with Gasteiger partial charge in [-0.25, -0.2) is 4.68 Å². The number of aromatic amines is 1. The Kier molecular flexibility index (Phi) is 6.59. The van der Waals surface area contributed by atoms with Gasteiger partial charge < -0.3 is 19.4 Å². The molecule has 10 nitrogen and oxygen atoms in total. The first kappa shape index (κ1) is 24.8. The second kappa shape index (κ2) is 9.85. The van der Waals surface area contributed by atoms with Crippen LogP contribution in [0, 0.1) is 0 Å². The maximum absolute atomic E-state index is 13.5. The Bertz CT molecular complexity index is 1430. The fourth-order valence-electron chi connectivity index (χ4n) is 4.90. The molecule has 1 fully saturated rings. The van der Waals surface area contributed by atoms with Crippen LogP contribution >= 0.6 is 0 Å². The number of hydrogen-bond donors (Lipinski definition) is 1. The standard InChI is InChI=1S/C27H33N7O3/c1-27(2,3)34-25(29-30-31-34)24(22-17-18-16-21(37-5)10-11-23(18)28-26(22)35)33-14-12-32(13-15-33)19-6-8-20(36-4)9-7-19/h6-11,16-17,24H,12-15H2,1-5H3,(H,28,35). The number of aromatic nitrogens is 5. The van der Waals surface area contributed by atoms with E-state index in [0.29, 0.717) is 11.4 Å². The van der Waals surface area contributed by atoms with Gasteiger partial charge in [-0.15, -0.1) is 5.10 Å². The summed E-state index contributed by atoms with van der Waals surface area (Å²) in [6.07, 6.45) is 0. The van der Waals surface area contributed by atoms with Gasteiger partial charge in [0.25, 0.3) is 5.56 Å². The molecule has 0 amide bonds. The number of H-pyrrole nitrogens is 1. The number of nitrogens with zero attached hydrogens (tertiary/aromatic N) is 6. The van der Waals surface area contributed by atoms with Crippen molar-refractivity contribution in [3.8, 4) is 11.5 Å². The number of rotatable bonds is 6. The Morgan fingerprint density at radius 3 is 2.24 bits per heavy atom. The number of tetrazole rings is 1. The molecule has 10 heteroatoms. The molecule has 1 aliphatic rings. The first-order valence-electron chi connectivity index (χ1n) is 12.4. The van der Waals surface area contributed by atoms with Crippen LogP contribution in [0.5, 0.6) is 11.5 Å². The predicted octanol–water partition coefficient (Wildman–Crippen LogP) is 3.20. The first-order chi connectivity index (χ1) is 17.8. The van der Waals surface area contributed by atoms with Crippen LogP contribution in [0.3, 0.4) is 0 Å². The molecule has 1 saturated heterocycles. The van der Waals surface area contributed by atoms with Gasteiger partial charge in [-0.3, -0.25) is 9.69 Å². The Balaban J connectivity index is 1.53. The zero-order valence-corrected chi connectivity index (χ0v) is 21.9. The zero-order valence-electron chi connectivity index (χ0n) is 21.9. The summed E-state index contributed by atoms with van der Waals surface area (Å²) in [7, 11) is 3.31. The van der Waals surface area contributed by atoms with Gasteiger partial charge in [0.2, 0.25) is 0 Å². The average Bonchev–Trinajstić information content (AvgIpc) is 3.40. The SMILES string of the molecule is COc1ccc(N2CCN(C(c3cc4cc(OC)ccc4[nH]c3=O)c3nnnn3C(C)(C)C)CC2)cc1. The van der Waals surface area contributed by atoms with Crippen LogP contribution < -0.4 is 19.9 Å². The molecule has 5 rings (SSSR count). The van der Waals surface area contributed by atoms with Gasteiger partial charge in [0.1, 0.15) is 17.5 Å². The molecule has 194 valence electrons. The molecule has 4 aromatic rings. The van der Waals surface area contributed by atoms with Crippen molar-refractivity contribution >= 4 is 16.6 Å². The van der Waals surface area contributed by atoms with E-state index < -0.39 is 6.04 Å². The lowest BCUT2D eigenvalue weighted by molar-refractivity contribution is 0.190. The molecule has 1 atom stereocenters. The Hall–Kier alpha value is -3.92. The van der Waals surface area contributed by atoms with Crippen molar-refractivity contribution in [3.63, 3.8) is 0 Å². The van der Waals surface area contributed by atoms with Gasteiger partial charge in [-0.2, -0.15) is 0 Å². The van der Waals surface area contributed by atoms with E-state index >= 15 is 0 Å². The quantitative estimate of drug-likeness (QED) is 0.428. The van der Waals surface area contributed by atoms with Crippen LogP contribution in [0.15, 0.2) is 53.3 Å². The van der Waals surface area contributed by atoms with E-state index in [0.717, 1.165) is 54.3 Å². The van der Waals surface area contributed by atoms with E-state index in [-0.39, 0.29) is 11.1 Å². The summed E-state index contributed by atoms with van der Waals surface area (Å²) in [6, 6.07) is 15.3. The van der Waals surface area contributed by atoms with Crippen molar-refractivity contribution in [2.75, 3.05) is 45.3 Å². The molecule has 3 heterocycles. The van der Waals surface area contributed by atoms with Crippen LogP contribution in [-0.2, 0) is 5.54 Å². The Morgan fingerprint density at radius 2 is 1.59 bits per heavy atom. The van der Waals surface area contributed by atoms with Crippen molar-refractivity contribution in [1.29, 1.82) is 0 Å². The number of piperazine rings is 1. The summed E-state index contributed by atoms with van der Waals surface area (Å²) in [4.78, 5) is 21.2. The van der Waals surface area contributed by atoms with Crippen LogP contribution in [0.25, 0.3) is 10.9 Å². The van der Waals surface area contributed by atoms with Crippen molar-refractivity contribution in [2.45, 2.75) is 32.4 Å². The fraction of sp³-hybridized carbons (Fsp3) is 0.407. The molecule has 0 bridgehead atoms. The second-order valence-electron chi connectivity index (χ2n) is 10.3. The van der Waals surface area contributed by atoms with Gasteiger partial charge in [-0.1, -0.05) is 0 Å². The van der Waals surface area contributed by atoms with Crippen molar-refractivity contribution < 1.29 is 9.47 Å². The van der Waals surface area contributed by atoms with Gasteiger partial charge in [0, 0.05) is 48.3 Å². The molecule has 0 radical (unpaired) electrons. The van der Waals surface area contributed by atoms with Gasteiger partial charge in [0.15, 0.2) is 5.82 Å². The third kappa shape index (κ3) is 4.89. The third-order valence-corrected chi connectivity index (χ3v) is 6.87. The fourth-order valence-corrected chi connectivity index (χ4v) is 4.90. The lowest BCUT2D eigenvalue weighted by Gasteiger charge is -2.40. The van der Waals surface area contributed by atoms with Gasteiger partial charge in [0.05, 0.1) is 19.8 Å². The number of nitrogens with one attached hydrogen (secondary N) is 1. The number of hydrogen-bond acceptors (Lipinski definition) is 8. The molecule has 0 aliphatic carbocycles. The summed E-state index contributed by atoms with van der Waals surface area (Å²) in [6.45, 7) is 9.26. The van der Waals surface area contributed by atoms with Crippen molar-refractivity contribution in [1.82, 2.24) is 30.1 Å². The maximum Gasteiger partial charge on any atom is 0.253 e. The maximum atomic E-state index is 13.5. The number of benzene rings is 2. The molecule has 1 aliphatic heterocycles. The largest absolute Gasteiger partial charge is 0.497 e. The highest BCUT2D eigenvalue weighted by molar-refractivity contribution is 5.80. The number of anilines is 1. The minimum atomic E-state index is -0.411. The Morgan fingerprint density at radius 1 is 0.919 bits per heavy atom. The van der Waals surface area contributed by atoms with Gasteiger partial charge in [-0.05, 0) is 79.7 Å². The van der Waals surface area contributed by atoms with E-state index in [1.807, 2.05) is 41.1 Å². The molecule has 0 saturated carbocycles. The smallest absolute Gasteiger partial charge is 0.253 e. The molecular weight excluding hydrogens is 470 g/mol. The number of pyridine rings is 1. The highest BCUT2D eigenvalue weighted by Crippen LogP contribution is 2.31. The molecule has 1 N–H and O–H groups in total. The van der Waals surface area contributed by atoms with E-state index in [1.165, 1.54) is 0 Å². The summed E-state index contributed by atoms with van der Waals surface area (Å²) in [5.74, 6) is 2.22. The predicted molar refractivity (Wildman–Crippen MR) is 143 cm³/mol. The molecule has 0 spiro atoms. The number of fused-ring (bicyclic) bond motifs is 1. The van der Waals surface area contributed by atoms with Crippen molar-refractivity contribution in [2.24, 2.45) is 0 Å². The summed E-state index contributed by atoms with van der Waals surface area (Å²) < 4.78 is 12.5. The lowest BCUT2D eigenvalue weighted by atomic mass is 10.0. The molecule has 37 heavy (non-hydrogen) atoms. The molecule has 2 aromatic heterocycles. The Labute approximate surface area is 215 Å². The minimum Gasteiger partial charge on any atom is -0.497 e. The molecule has 1 unspecified atom stereocenters. The van der Waals surface area contributed by atoms with E-state index in [2.05, 4.69) is 63.2 Å². The topological polar surface area (TPSA) is 101 Å². The van der Waals surface area contributed by atoms with Crippen LogP contribution in [0.2, 0.25) is 0 Å². The summed E-state index contributed by atoms with van der Waals surface area (Å²) in [5.41, 5.74) is 2.01. The van der Waals surface area contributed by atoms with E-state index in [4.69, 9.17) is 9.47 Å². The number of ether oxygens (including phenoxy) is 2. The summed E-state index contributed by atoms with van der Waals surface area (Å²) in [5, 5.41) is 13.6. The zero-order chi connectivity index (χ0) is 26.2. The molecular formula is C27H33N7O3. The van der Waals surface area contributed by atoms with E-state index in [1.54, 1.807) is 14.2 Å². The normalized spacial score (nSPS) is 15.6. The third-order valence-electron chi connectivity index (χ3n) is 6.87. The highest BCUT2D eigenvalue weighted by atomic mass is 16.5. The number of methoxy groups -OCH3 is 2. The monoisotopic (exact) mass is 503 g/mol. The first-order valence-corrected chi connectivity index (χ1v) is 12.4. The van der Waals surface area contributed by atoms with Crippen LogP contribution in [-0.4, -0.2) is 70.5 Å². The molecule has 2 aromatic carbocycles. The minimum absolute atomic E-state index is 0.149. The van der Waals surface area contributed by atoms with Crippen LogP contribution in [0.1, 0.15) is 38.2 Å². The average molecular weight is 504 g/mol.